The van der Waals surface area contributed by atoms with Gasteiger partial charge in [-0.1, -0.05) is 0 Å². The number of nitrogens with zero attached hydrogens (tertiary/aromatic N) is 4. The van der Waals surface area contributed by atoms with Crippen LogP contribution in [-0.2, 0) is 9.84 Å². The van der Waals surface area contributed by atoms with E-state index in [4.69, 9.17) is 0 Å². The van der Waals surface area contributed by atoms with Gasteiger partial charge in [0.15, 0.2) is 9.84 Å². The molecule has 0 radical (unpaired) electrons. The second kappa shape index (κ2) is 6.16. The summed E-state index contributed by atoms with van der Waals surface area (Å²) in [6.07, 6.45) is 3.87. The van der Waals surface area contributed by atoms with Gasteiger partial charge in [0.05, 0.1) is 33.5 Å². The zero-order chi connectivity index (χ0) is 19.1. The fourth-order valence-corrected chi connectivity index (χ4v) is 4.31. The molecule has 0 amide bonds. The third-order valence-electron chi connectivity index (χ3n) is 3.65. The van der Waals surface area contributed by atoms with Gasteiger partial charge < -0.3 is 5.11 Å². The van der Waals surface area contributed by atoms with E-state index in [-0.39, 0.29) is 10.5 Å². The van der Waals surface area contributed by atoms with Crippen molar-refractivity contribution in [1.82, 2.24) is 14.6 Å². The van der Waals surface area contributed by atoms with Gasteiger partial charge in [-0.2, -0.15) is 14.8 Å². The van der Waals surface area contributed by atoms with Crippen molar-refractivity contribution in [3.63, 3.8) is 0 Å². The van der Waals surface area contributed by atoms with Gasteiger partial charge in [0.25, 0.3) is 0 Å². The summed E-state index contributed by atoms with van der Waals surface area (Å²) in [5.74, 6) is -1.16. The Balaban J connectivity index is 2.29. The maximum atomic E-state index is 13.2. The van der Waals surface area contributed by atoms with E-state index in [0.29, 0.717) is 16.6 Å². The summed E-state index contributed by atoms with van der Waals surface area (Å²) in [5.41, 5.74) is 0.0313. The first-order valence-electron chi connectivity index (χ1n) is 7.59. The van der Waals surface area contributed by atoms with Crippen LogP contribution in [0.25, 0.3) is 16.6 Å². The normalized spacial score (nSPS) is 12.3. The first-order valence-corrected chi connectivity index (χ1v) is 9.24. The summed E-state index contributed by atoms with van der Waals surface area (Å²) in [7, 11) is -3.83. The van der Waals surface area contributed by atoms with E-state index in [9.17, 15) is 23.2 Å². The molecule has 9 heteroatoms. The zero-order valence-electron chi connectivity index (χ0n) is 14.0. The number of nitriles is 1. The number of rotatable bonds is 4. The molecule has 134 valence electrons. The van der Waals surface area contributed by atoms with Crippen LogP contribution in [0.5, 0.6) is 0 Å². The van der Waals surface area contributed by atoms with E-state index in [1.165, 1.54) is 49.1 Å². The molecule has 0 unspecified atom stereocenters. The average molecular weight is 374 g/mol. The van der Waals surface area contributed by atoms with Crippen molar-refractivity contribution in [3.05, 3.63) is 48.3 Å². The van der Waals surface area contributed by atoms with Gasteiger partial charge in [0.1, 0.15) is 6.07 Å². The number of aliphatic hydroxyl groups is 1. The number of pyridine rings is 2. The molecule has 0 aromatic carbocycles. The van der Waals surface area contributed by atoms with E-state index in [1.54, 1.807) is 0 Å². The molecule has 1 N–H and O–H groups in total. The highest BCUT2D eigenvalue weighted by Crippen LogP contribution is 2.30. The second-order valence-corrected chi connectivity index (χ2v) is 8.48. The molecule has 0 aliphatic heterocycles. The lowest BCUT2D eigenvalue weighted by molar-refractivity contribution is 0.105. The summed E-state index contributed by atoms with van der Waals surface area (Å²) in [6.45, 7) is 2.80. The molecule has 0 atom stereocenters. The Morgan fingerprint density at radius 3 is 2.65 bits per heavy atom. The van der Waals surface area contributed by atoms with Crippen molar-refractivity contribution >= 4 is 15.4 Å². The van der Waals surface area contributed by atoms with Gasteiger partial charge in [-0.05, 0) is 32.0 Å². The molecule has 0 fully saturated rings. The first-order chi connectivity index (χ1) is 12.1. The number of hydrogen-bond acceptors (Lipinski definition) is 6. The lowest BCUT2D eigenvalue weighted by Crippen LogP contribution is -2.30. The SMILES string of the molecule is CC(C)(O)CS(=O)(=O)c1cc(-c2ccc(F)nc2)c2c(C#N)cnn2c1. The van der Waals surface area contributed by atoms with Crippen molar-refractivity contribution in [2.75, 3.05) is 5.75 Å². The second-order valence-electron chi connectivity index (χ2n) is 6.49. The molecule has 3 aromatic heterocycles. The van der Waals surface area contributed by atoms with Crippen molar-refractivity contribution in [2.45, 2.75) is 24.3 Å². The van der Waals surface area contributed by atoms with Crippen LogP contribution in [0.15, 0.2) is 41.7 Å². The fraction of sp³-hybridized carbons (Fsp3) is 0.235. The summed E-state index contributed by atoms with van der Waals surface area (Å²) < 4.78 is 39.8. The first kappa shape index (κ1) is 18.0. The third-order valence-corrected chi connectivity index (χ3v) is 5.68. The van der Waals surface area contributed by atoms with Gasteiger partial charge in [0.2, 0.25) is 5.95 Å². The van der Waals surface area contributed by atoms with Crippen LogP contribution in [0, 0.1) is 17.3 Å². The number of halogens is 1. The van der Waals surface area contributed by atoms with Gasteiger partial charge in [-0.3, -0.25) is 0 Å². The lowest BCUT2D eigenvalue weighted by atomic mass is 10.1. The van der Waals surface area contributed by atoms with Crippen molar-refractivity contribution < 1.29 is 17.9 Å². The Morgan fingerprint density at radius 2 is 2.08 bits per heavy atom. The molecule has 7 nitrogen and oxygen atoms in total. The van der Waals surface area contributed by atoms with E-state index in [1.807, 2.05) is 6.07 Å². The number of fused-ring (bicyclic) bond motifs is 1. The molecular weight excluding hydrogens is 359 g/mol. The average Bonchev–Trinajstić information content (AvgIpc) is 2.95. The standard InChI is InChI=1S/C17H15FN4O3S/c1-17(2,23)10-26(24,25)13-5-14(11-3-4-15(18)20-7-11)16-12(6-19)8-21-22(16)9-13/h3-5,7-9,23H,10H2,1-2H3. The maximum Gasteiger partial charge on any atom is 0.212 e. The minimum absolute atomic E-state index is 0.0703. The highest BCUT2D eigenvalue weighted by molar-refractivity contribution is 7.91. The Hall–Kier alpha value is -2.83. The molecule has 3 rings (SSSR count). The topological polar surface area (TPSA) is 108 Å². The Bertz CT molecular complexity index is 1120. The van der Waals surface area contributed by atoms with Gasteiger partial charge >= 0.3 is 0 Å². The quantitative estimate of drug-likeness (QED) is 0.699. The molecule has 0 saturated heterocycles. The predicted octanol–water partition coefficient (Wildman–Crippen LogP) is 1.95. The van der Waals surface area contributed by atoms with Gasteiger partial charge in [0, 0.05) is 23.5 Å². The molecule has 0 aliphatic carbocycles. The van der Waals surface area contributed by atoms with Crippen LogP contribution in [0.3, 0.4) is 0 Å². The van der Waals surface area contributed by atoms with Crippen molar-refractivity contribution in [3.8, 4) is 17.2 Å². The van der Waals surface area contributed by atoms with Crippen LogP contribution < -0.4 is 0 Å². The van der Waals surface area contributed by atoms with E-state index in [0.717, 1.165) is 6.07 Å². The highest BCUT2D eigenvalue weighted by Gasteiger charge is 2.27. The van der Waals surface area contributed by atoms with Crippen LogP contribution in [-0.4, -0.2) is 39.5 Å². The van der Waals surface area contributed by atoms with Crippen LogP contribution in [0.2, 0.25) is 0 Å². The van der Waals surface area contributed by atoms with Crippen molar-refractivity contribution in [1.29, 1.82) is 5.26 Å². The summed E-state index contributed by atoms with van der Waals surface area (Å²) in [4.78, 5) is 3.51. The number of sulfone groups is 1. The Kier molecular flexibility index (Phi) is 4.26. The van der Waals surface area contributed by atoms with Crippen LogP contribution >= 0.6 is 0 Å². The summed E-state index contributed by atoms with van der Waals surface area (Å²) >= 11 is 0. The van der Waals surface area contributed by atoms with E-state index in [2.05, 4.69) is 10.1 Å². The van der Waals surface area contributed by atoms with Gasteiger partial charge in [-0.15, -0.1) is 0 Å². The molecule has 0 saturated carbocycles. The molecule has 0 aliphatic rings. The molecule has 3 aromatic rings. The highest BCUT2D eigenvalue weighted by atomic mass is 32.2. The third kappa shape index (κ3) is 3.42. The predicted molar refractivity (Wildman–Crippen MR) is 91.4 cm³/mol. The summed E-state index contributed by atoms with van der Waals surface area (Å²) in [5, 5.41) is 23.2. The molecular formula is C17H15FN4O3S. The lowest BCUT2D eigenvalue weighted by Gasteiger charge is -2.17. The van der Waals surface area contributed by atoms with Crippen molar-refractivity contribution in [2.24, 2.45) is 0 Å². The number of hydrogen-bond donors (Lipinski definition) is 1. The maximum absolute atomic E-state index is 13.2. The zero-order valence-corrected chi connectivity index (χ0v) is 14.8. The minimum Gasteiger partial charge on any atom is -0.389 e. The van der Waals surface area contributed by atoms with Gasteiger partial charge in [-0.25, -0.2) is 17.9 Å². The Labute approximate surface area is 149 Å². The molecule has 0 bridgehead atoms. The summed E-state index contributed by atoms with van der Waals surface area (Å²) in [6, 6.07) is 5.97. The van der Waals surface area contributed by atoms with E-state index >= 15 is 0 Å². The molecule has 0 spiro atoms. The Morgan fingerprint density at radius 1 is 1.35 bits per heavy atom. The van der Waals surface area contributed by atoms with Crippen LogP contribution in [0.4, 0.5) is 4.39 Å². The minimum atomic E-state index is -3.83. The largest absolute Gasteiger partial charge is 0.389 e. The number of aromatic nitrogens is 3. The molecule has 26 heavy (non-hydrogen) atoms. The molecule has 3 heterocycles. The smallest absolute Gasteiger partial charge is 0.212 e. The van der Waals surface area contributed by atoms with Crippen LogP contribution in [0.1, 0.15) is 19.4 Å². The monoisotopic (exact) mass is 374 g/mol. The van der Waals surface area contributed by atoms with E-state index < -0.39 is 27.1 Å². The fourth-order valence-electron chi connectivity index (χ4n) is 2.65.